The Balaban J connectivity index is 0.00000484. The number of aliphatic hydroxyl groups is 1. The molecule has 0 radical (unpaired) electrons. The van der Waals surface area contributed by atoms with Gasteiger partial charge < -0.3 is 30.5 Å². The normalized spacial score (nSPS) is 16.5. The van der Waals surface area contributed by atoms with E-state index in [1.54, 1.807) is 4.90 Å². The summed E-state index contributed by atoms with van der Waals surface area (Å²) in [6.07, 6.45) is 2.74. The zero-order valence-electron chi connectivity index (χ0n) is 24.9. The Labute approximate surface area is 254 Å². The molecule has 2 heterocycles. The minimum absolute atomic E-state index is 0. The van der Waals surface area contributed by atoms with E-state index in [0.29, 0.717) is 26.1 Å². The number of likely N-dealkylation sites (tertiary alicyclic amines) is 1. The fourth-order valence-corrected chi connectivity index (χ4v) is 5.25. The van der Waals surface area contributed by atoms with E-state index in [1.165, 1.54) is 0 Å². The second-order valence-corrected chi connectivity index (χ2v) is 12.0. The summed E-state index contributed by atoms with van der Waals surface area (Å²) in [6, 6.07) is 16.5. The summed E-state index contributed by atoms with van der Waals surface area (Å²) in [5.41, 5.74) is 1.39. The first-order valence-corrected chi connectivity index (χ1v) is 14.4. The molecule has 4 N–H and O–H groups in total. The zero-order valence-corrected chi connectivity index (χ0v) is 25.7. The number of aliphatic hydroxyl groups excluding tert-OH is 1. The fourth-order valence-electron chi connectivity index (χ4n) is 5.25. The van der Waals surface area contributed by atoms with E-state index in [2.05, 4.69) is 16.0 Å². The van der Waals surface area contributed by atoms with Crippen LogP contribution in [-0.4, -0.2) is 70.1 Å². The van der Waals surface area contributed by atoms with Crippen LogP contribution in [0.25, 0.3) is 10.8 Å². The Kier molecular flexibility index (Phi) is 11.6. The van der Waals surface area contributed by atoms with Gasteiger partial charge in [-0.25, -0.2) is 0 Å². The SMILES string of the molecule is Cl.Cn1cccc1CNCC(O)CNC(=O)[C@@H](Cc1ccc2ccccc2c1)NC(=O)C1CCCN1C(=O)C(C)(C)C. The van der Waals surface area contributed by atoms with Gasteiger partial charge in [-0.15, -0.1) is 12.4 Å². The van der Waals surface area contributed by atoms with E-state index in [9.17, 15) is 19.5 Å². The Bertz CT molecular complexity index is 1370. The molecule has 228 valence electrons. The highest BCUT2D eigenvalue weighted by Crippen LogP contribution is 2.26. The molecule has 0 spiro atoms. The van der Waals surface area contributed by atoms with Crippen LogP contribution in [0.3, 0.4) is 0 Å². The van der Waals surface area contributed by atoms with Crippen LogP contribution in [-0.2, 0) is 34.4 Å². The second kappa shape index (κ2) is 14.7. The molecule has 2 aromatic carbocycles. The number of benzene rings is 2. The number of carbonyl (C=O) groups is 3. The number of amides is 3. The maximum Gasteiger partial charge on any atom is 0.243 e. The van der Waals surface area contributed by atoms with Gasteiger partial charge in [0.15, 0.2) is 0 Å². The maximum atomic E-state index is 13.5. The molecule has 42 heavy (non-hydrogen) atoms. The number of aryl methyl sites for hydroxylation is 1. The topological polar surface area (TPSA) is 116 Å². The molecule has 1 fully saturated rings. The van der Waals surface area contributed by atoms with Crippen molar-refractivity contribution in [3.8, 4) is 0 Å². The molecule has 4 rings (SSSR count). The summed E-state index contributed by atoms with van der Waals surface area (Å²) in [7, 11) is 1.96. The number of hydrogen-bond acceptors (Lipinski definition) is 5. The van der Waals surface area contributed by atoms with Crippen molar-refractivity contribution in [2.75, 3.05) is 19.6 Å². The molecule has 1 saturated heterocycles. The number of halogens is 1. The number of rotatable bonds is 11. The third-order valence-corrected chi connectivity index (χ3v) is 7.59. The first-order valence-electron chi connectivity index (χ1n) is 14.4. The van der Waals surface area contributed by atoms with Crippen molar-refractivity contribution >= 4 is 40.9 Å². The van der Waals surface area contributed by atoms with Gasteiger partial charge in [-0.05, 0) is 41.3 Å². The van der Waals surface area contributed by atoms with Crippen LogP contribution in [0.2, 0.25) is 0 Å². The largest absolute Gasteiger partial charge is 0.390 e. The lowest BCUT2D eigenvalue weighted by atomic mass is 9.94. The molecule has 3 amide bonds. The molecule has 3 atom stereocenters. The molecule has 1 aliphatic heterocycles. The first kappa shape index (κ1) is 33.1. The molecule has 10 heteroatoms. The summed E-state index contributed by atoms with van der Waals surface area (Å²) in [5.74, 6) is -0.776. The van der Waals surface area contributed by atoms with Gasteiger partial charge >= 0.3 is 0 Å². The summed E-state index contributed by atoms with van der Waals surface area (Å²) in [5, 5.41) is 21.6. The fraction of sp³-hybridized carbons (Fsp3) is 0.469. The summed E-state index contributed by atoms with van der Waals surface area (Å²) in [6.45, 7) is 7.01. The predicted molar refractivity (Wildman–Crippen MR) is 167 cm³/mol. The Hall–Kier alpha value is -3.40. The molecule has 0 aliphatic carbocycles. The number of fused-ring (bicyclic) bond motifs is 1. The lowest BCUT2D eigenvalue weighted by Crippen LogP contribution is -2.55. The molecule has 9 nitrogen and oxygen atoms in total. The monoisotopic (exact) mass is 597 g/mol. The van der Waals surface area contributed by atoms with Gasteiger partial charge in [0.25, 0.3) is 0 Å². The van der Waals surface area contributed by atoms with E-state index in [4.69, 9.17) is 0 Å². The van der Waals surface area contributed by atoms with E-state index in [1.807, 2.05) is 93.2 Å². The molecule has 0 saturated carbocycles. The molecule has 1 aliphatic rings. The zero-order chi connectivity index (χ0) is 29.6. The molecule has 0 bridgehead atoms. The number of hydrogen-bond donors (Lipinski definition) is 4. The van der Waals surface area contributed by atoms with Gasteiger partial charge in [-0.1, -0.05) is 63.2 Å². The first-order chi connectivity index (χ1) is 19.5. The standard InChI is InChI=1S/C32H43N5O4.ClH/c1-32(2,3)31(41)37-16-8-12-28(37)30(40)35-27(18-22-13-14-23-9-5-6-10-24(23)17-22)29(39)34-21-26(38)20-33-19-25-11-7-15-36(25)4;/h5-7,9-11,13-15,17,26-28,33,38H,8,12,16,18-21H2,1-4H3,(H,34,39)(H,35,40);1H/t26?,27-,28?;/m1./s1. The Morgan fingerprint density at radius 1 is 1.02 bits per heavy atom. The van der Waals surface area contributed by atoms with Crippen LogP contribution in [0.15, 0.2) is 60.8 Å². The predicted octanol–water partition coefficient (Wildman–Crippen LogP) is 2.93. The van der Waals surface area contributed by atoms with E-state index in [-0.39, 0.29) is 43.1 Å². The van der Waals surface area contributed by atoms with Crippen molar-refractivity contribution in [2.45, 2.75) is 64.8 Å². The van der Waals surface area contributed by atoms with Gasteiger partial charge in [-0.2, -0.15) is 0 Å². The van der Waals surface area contributed by atoms with Crippen molar-refractivity contribution in [2.24, 2.45) is 12.5 Å². The van der Waals surface area contributed by atoms with Crippen molar-refractivity contribution < 1.29 is 19.5 Å². The molecule has 1 aromatic heterocycles. The number of aromatic nitrogens is 1. The molecular formula is C32H44ClN5O4. The van der Waals surface area contributed by atoms with Crippen LogP contribution in [0.1, 0.15) is 44.9 Å². The number of carbonyl (C=O) groups excluding carboxylic acids is 3. The van der Waals surface area contributed by atoms with E-state index in [0.717, 1.165) is 28.5 Å². The van der Waals surface area contributed by atoms with Crippen molar-refractivity contribution in [3.05, 3.63) is 72.1 Å². The smallest absolute Gasteiger partial charge is 0.243 e. The molecular weight excluding hydrogens is 554 g/mol. The minimum Gasteiger partial charge on any atom is -0.390 e. The lowest BCUT2D eigenvalue weighted by molar-refractivity contribution is -0.145. The van der Waals surface area contributed by atoms with Gasteiger partial charge in [0.1, 0.15) is 12.1 Å². The van der Waals surface area contributed by atoms with Crippen molar-refractivity contribution in [3.63, 3.8) is 0 Å². The summed E-state index contributed by atoms with van der Waals surface area (Å²) in [4.78, 5) is 41.5. The highest BCUT2D eigenvalue weighted by atomic mass is 35.5. The maximum absolute atomic E-state index is 13.5. The summed E-state index contributed by atoms with van der Waals surface area (Å²) >= 11 is 0. The van der Waals surface area contributed by atoms with Crippen molar-refractivity contribution in [1.82, 2.24) is 25.4 Å². The van der Waals surface area contributed by atoms with Gasteiger partial charge in [0.05, 0.1) is 6.10 Å². The van der Waals surface area contributed by atoms with Gasteiger partial charge in [0, 0.05) is 57.0 Å². The third-order valence-electron chi connectivity index (χ3n) is 7.59. The van der Waals surface area contributed by atoms with Crippen LogP contribution < -0.4 is 16.0 Å². The Morgan fingerprint density at radius 2 is 1.76 bits per heavy atom. The van der Waals surface area contributed by atoms with Gasteiger partial charge in [0.2, 0.25) is 17.7 Å². The minimum atomic E-state index is -0.862. The van der Waals surface area contributed by atoms with Gasteiger partial charge in [-0.3, -0.25) is 14.4 Å². The van der Waals surface area contributed by atoms with E-state index < -0.39 is 23.6 Å². The highest BCUT2D eigenvalue weighted by molar-refractivity contribution is 5.93. The number of nitrogens with zero attached hydrogens (tertiary/aromatic N) is 2. The van der Waals surface area contributed by atoms with Crippen molar-refractivity contribution in [1.29, 1.82) is 0 Å². The van der Waals surface area contributed by atoms with E-state index >= 15 is 0 Å². The van der Waals surface area contributed by atoms with Crippen LogP contribution >= 0.6 is 12.4 Å². The average molecular weight is 598 g/mol. The Morgan fingerprint density at radius 3 is 2.45 bits per heavy atom. The second-order valence-electron chi connectivity index (χ2n) is 12.0. The molecule has 2 unspecified atom stereocenters. The van der Waals surface area contributed by atoms with Crippen LogP contribution in [0.5, 0.6) is 0 Å². The highest BCUT2D eigenvalue weighted by Gasteiger charge is 2.39. The quantitative estimate of drug-likeness (QED) is 0.271. The average Bonchev–Trinajstić information content (AvgIpc) is 3.59. The lowest BCUT2D eigenvalue weighted by Gasteiger charge is -2.31. The van der Waals surface area contributed by atoms with Crippen LogP contribution in [0.4, 0.5) is 0 Å². The number of nitrogens with one attached hydrogen (secondary N) is 3. The summed E-state index contributed by atoms with van der Waals surface area (Å²) < 4.78 is 2.00. The van der Waals surface area contributed by atoms with Crippen LogP contribution in [0, 0.1) is 5.41 Å². The molecule has 3 aromatic rings. The third kappa shape index (κ3) is 8.56.